The van der Waals surface area contributed by atoms with Crippen LogP contribution in [0.5, 0.6) is 0 Å². The van der Waals surface area contributed by atoms with Crippen molar-refractivity contribution in [2.45, 2.75) is 126 Å². The Morgan fingerprint density at radius 2 is 1.20 bits per heavy atom. The summed E-state index contributed by atoms with van der Waals surface area (Å²) in [7, 11) is 0. The molecule has 296 valence electrons. The van der Waals surface area contributed by atoms with Gasteiger partial charge in [0.2, 0.25) is 11.8 Å². The van der Waals surface area contributed by atoms with Gasteiger partial charge >= 0.3 is 0 Å². The number of carbonyl (C=O) groups excluding carboxylic acids is 2. The van der Waals surface area contributed by atoms with E-state index in [9.17, 15) is 28.6 Å². The van der Waals surface area contributed by atoms with Gasteiger partial charge in [0.25, 0.3) is 0 Å². The molecule has 2 aromatic heterocycles. The maximum absolute atomic E-state index is 14.0. The normalized spacial score (nSPS) is 25.9. The Bertz CT molecular complexity index is 2250. The lowest BCUT2D eigenvalue weighted by molar-refractivity contribution is -0.123. The van der Waals surface area contributed by atoms with Gasteiger partial charge in [-0.2, -0.15) is 0 Å². The zero-order chi connectivity index (χ0) is 39.1. The predicted molar refractivity (Wildman–Crippen MR) is 217 cm³/mol. The summed E-state index contributed by atoms with van der Waals surface area (Å²) in [6.07, 6.45) is 10.4. The van der Waals surface area contributed by atoms with E-state index in [1.165, 1.54) is 6.07 Å². The van der Waals surface area contributed by atoms with E-state index in [1.807, 2.05) is 30.3 Å². The van der Waals surface area contributed by atoms with Crippen LogP contribution in [-0.4, -0.2) is 53.3 Å². The van der Waals surface area contributed by atoms with Crippen LogP contribution >= 0.6 is 31.9 Å². The number of hydrogen-bond acceptors (Lipinski definition) is 6. The third-order valence-electron chi connectivity index (χ3n) is 11.9. The summed E-state index contributed by atoms with van der Waals surface area (Å²) in [5.41, 5.74) is 4.23. The van der Waals surface area contributed by atoms with E-state index in [0.717, 1.165) is 119 Å². The minimum Gasteiger partial charge on any atom is -0.393 e. The molecule has 4 fully saturated rings. The molecule has 2 aliphatic carbocycles. The Kier molecular flexibility index (Phi) is 11.6. The van der Waals surface area contributed by atoms with Crippen molar-refractivity contribution < 1.29 is 28.6 Å². The average molecular weight is 897 g/mol. The van der Waals surface area contributed by atoms with Crippen molar-refractivity contribution >= 4 is 71.4 Å². The molecule has 56 heavy (non-hydrogen) atoms. The van der Waals surface area contributed by atoms with E-state index >= 15 is 0 Å². The fourth-order valence-corrected chi connectivity index (χ4v) is 9.83. The van der Waals surface area contributed by atoms with Crippen molar-refractivity contribution in [1.82, 2.24) is 24.4 Å². The van der Waals surface area contributed by atoms with Gasteiger partial charge in [-0.15, -0.1) is 0 Å². The molecule has 2 atom stereocenters. The maximum atomic E-state index is 14.0. The SMILES string of the molecule is O=C1CCCC(c2nc3cc(Br)ccc3n2C2CCC(O)CC2)N1.O=C1CCCC(c2nc3cc(Br)ccc3n2C2CCC(O)CC2)N1c1ccc(F)c(F)c1. The fourth-order valence-electron chi connectivity index (χ4n) is 9.13. The van der Waals surface area contributed by atoms with Crippen LogP contribution in [0.15, 0.2) is 63.5 Å². The molecule has 0 radical (unpaired) electrons. The number of piperidine rings is 2. The molecule has 2 saturated carbocycles. The molecule has 3 aromatic carbocycles. The number of aliphatic hydroxyl groups is 2. The maximum Gasteiger partial charge on any atom is 0.227 e. The number of halogens is 4. The quantitative estimate of drug-likeness (QED) is 0.162. The first kappa shape index (κ1) is 39.1. The number of aromatic nitrogens is 4. The molecular weight excluding hydrogens is 850 g/mol. The van der Waals surface area contributed by atoms with E-state index in [0.29, 0.717) is 37.4 Å². The summed E-state index contributed by atoms with van der Waals surface area (Å²) < 4.78 is 34.1. The summed E-state index contributed by atoms with van der Waals surface area (Å²) in [5.74, 6) is -0.183. The number of aliphatic hydroxyl groups excluding tert-OH is 2. The second-order valence-corrected chi connectivity index (χ2v) is 17.5. The molecule has 4 heterocycles. The average Bonchev–Trinajstić information content (AvgIpc) is 3.75. The number of imidazole rings is 2. The van der Waals surface area contributed by atoms with Crippen molar-refractivity contribution in [3.63, 3.8) is 0 Å². The van der Waals surface area contributed by atoms with Crippen molar-refractivity contribution in [2.75, 3.05) is 4.90 Å². The Morgan fingerprint density at radius 1 is 0.643 bits per heavy atom. The molecule has 10 nitrogen and oxygen atoms in total. The van der Waals surface area contributed by atoms with E-state index < -0.39 is 11.6 Å². The highest BCUT2D eigenvalue weighted by Crippen LogP contribution is 2.42. The Labute approximate surface area is 340 Å². The Balaban J connectivity index is 0.000000164. The van der Waals surface area contributed by atoms with Gasteiger partial charge in [0.15, 0.2) is 11.6 Å². The molecule has 2 unspecified atom stereocenters. The highest BCUT2D eigenvalue weighted by atomic mass is 79.9. The number of carbonyl (C=O) groups is 2. The first-order valence-electron chi connectivity index (χ1n) is 19.8. The number of rotatable bonds is 5. The third-order valence-corrected chi connectivity index (χ3v) is 12.9. The second-order valence-electron chi connectivity index (χ2n) is 15.7. The van der Waals surface area contributed by atoms with Crippen LogP contribution in [-0.2, 0) is 9.59 Å². The number of nitrogens with zero attached hydrogens (tertiary/aromatic N) is 5. The summed E-state index contributed by atoms with van der Waals surface area (Å²) in [4.78, 5) is 36.3. The highest BCUT2D eigenvalue weighted by molar-refractivity contribution is 9.10. The van der Waals surface area contributed by atoms with Crippen molar-refractivity contribution in [1.29, 1.82) is 0 Å². The van der Waals surface area contributed by atoms with Crippen LogP contribution in [0.2, 0.25) is 0 Å². The second kappa shape index (κ2) is 16.6. The van der Waals surface area contributed by atoms with Crippen molar-refractivity contribution in [3.8, 4) is 0 Å². The molecule has 5 aromatic rings. The van der Waals surface area contributed by atoms with Gasteiger partial charge in [-0.25, -0.2) is 18.7 Å². The van der Waals surface area contributed by atoms with Crippen LogP contribution < -0.4 is 10.2 Å². The van der Waals surface area contributed by atoms with Gasteiger partial charge in [-0.05, 0) is 126 Å². The number of benzene rings is 3. The molecule has 3 N–H and O–H groups in total. The number of hydrogen-bond donors (Lipinski definition) is 3. The van der Waals surface area contributed by atoms with Gasteiger partial charge in [-0.3, -0.25) is 9.59 Å². The molecular formula is C42H46Br2F2N6O4. The zero-order valence-corrected chi connectivity index (χ0v) is 34.2. The van der Waals surface area contributed by atoms with E-state index in [-0.39, 0.29) is 42.1 Å². The number of nitrogens with one attached hydrogen (secondary N) is 1. The minimum absolute atomic E-state index is 0.00993. The predicted octanol–water partition coefficient (Wildman–Crippen LogP) is 9.43. The van der Waals surface area contributed by atoms with Crippen molar-refractivity contribution in [3.05, 3.63) is 86.8 Å². The van der Waals surface area contributed by atoms with Crippen LogP contribution in [0.25, 0.3) is 22.1 Å². The topological polar surface area (TPSA) is 126 Å². The summed E-state index contributed by atoms with van der Waals surface area (Å²) in [6.45, 7) is 0. The summed E-state index contributed by atoms with van der Waals surface area (Å²) in [6, 6.07) is 15.9. The number of fused-ring (bicyclic) bond motifs is 2. The minimum atomic E-state index is -0.974. The molecule has 14 heteroatoms. The van der Waals surface area contributed by atoms with Gasteiger partial charge in [0.05, 0.1) is 46.4 Å². The van der Waals surface area contributed by atoms with Crippen LogP contribution in [0.3, 0.4) is 0 Å². The van der Waals surface area contributed by atoms with Crippen molar-refractivity contribution in [2.24, 2.45) is 0 Å². The van der Waals surface area contributed by atoms with Gasteiger partial charge in [0, 0.05) is 45.6 Å². The molecule has 2 aliphatic heterocycles. The Hall–Kier alpha value is -3.72. The summed E-state index contributed by atoms with van der Waals surface area (Å²) in [5, 5.41) is 23.0. The number of amides is 2. The lowest BCUT2D eigenvalue weighted by atomic mass is 9.92. The molecule has 2 amide bonds. The lowest BCUT2D eigenvalue weighted by Gasteiger charge is -2.37. The lowest BCUT2D eigenvalue weighted by Crippen LogP contribution is -2.40. The monoisotopic (exact) mass is 894 g/mol. The third kappa shape index (κ3) is 8.03. The zero-order valence-electron chi connectivity index (χ0n) is 31.0. The van der Waals surface area contributed by atoms with Crippen LogP contribution in [0.1, 0.15) is 126 Å². The van der Waals surface area contributed by atoms with Crippen LogP contribution in [0.4, 0.5) is 14.5 Å². The molecule has 0 bridgehead atoms. The standard InChI is InChI=1S/C24H24BrF2N3O2.C18H22BrN3O2/c25-14-4-11-21-20(12-14)28-24(30(21)15-5-8-17(31)9-6-15)22-2-1-3-23(32)29(22)16-7-10-18(26)19(27)13-16;19-11-4-9-16-15(10-11)21-18(14-2-1-3-17(24)20-14)22(16)12-5-7-13(23)8-6-12/h4,7,10-13,15,17,22,31H,1-3,5-6,8-9H2;4,9-10,12-14,23H,1-3,5-8H2,(H,20,24). The first-order valence-corrected chi connectivity index (χ1v) is 21.4. The van der Waals surface area contributed by atoms with Gasteiger partial charge in [0.1, 0.15) is 11.6 Å². The number of anilines is 1. The molecule has 2 saturated heterocycles. The van der Waals surface area contributed by atoms with E-state index in [1.54, 1.807) is 4.90 Å². The summed E-state index contributed by atoms with van der Waals surface area (Å²) >= 11 is 7.04. The Morgan fingerprint density at radius 3 is 1.77 bits per heavy atom. The highest BCUT2D eigenvalue weighted by Gasteiger charge is 2.37. The van der Waals surface area contributed by atoms with Gasteiger partial charge < -0.3 is 29.6 Å². The van der Waals surface area contributed by atoms with E-state index in [2.05, 4.69) is 52.4 Å². The van der Waals surface area contributed by atoms with E-state index in [4.69, 9.17) is 9.97 Å². The van der Waals surface area contributed by atoms with Gasteiger partial charge in [-0.1, -0.05) is 31.9 Å². The molecule has 4 aliphatic rings. The first-order chi connectivity index (χ1) is 27.0. The molecule has 9 rings (SSSR count). The largest absolute Gasteiger partial charge is 0.393 e. The fraction of sp³-hybridized carbons (Fsp3) is 0.476. The molecule has 0 spiro atoms. The smallest absolute Gasteiger partial charge is 0.227 e. The van der Waals surface area contributed by atoms with Crippen LogP contribution in [0, 0.1) is 11.6 Å².